The fourth-order valence-electron chi connectivity index (χ4n) is 2.28. The van der Waals surface area contributed by atoms with E-state index in [0.717, 1.165) is 31.0 Å². The standard InChI is InChI=1S/C14H14N6O/c1-9-3-5-10(6-4-9)11-16-13(21-19-11)12-17-14-15-7-2-8-20(14)18-12/h3-6H,2,7-8H2,1H3,(H,15,17,18). The molecule has 0 bridgehead atoms. The molecule has 7 heteroatoms. The zero-order valence-corrected chi connectivity index (χ0v) is 11.6. The molecule has 2 aromatic heterocycles. The van der Waals surface area contributed by atoms with Crippen LogP contribution in [0.1, 0.15) is 12.0 Å². The lowest BCUT2D eigenvalue weighted by molar-refractivity contribution is 0.428. The molecule has 3 aromatic rings. The summed E-state index contributed by atoms with van der Waals surface area (Å²) in [6.45, 7) is 3.81. The second kappa shape index (κ2) is 4.69. The summed E-state index contributed by atoms with van der Waals surface area (Å²) in [7, 11) is 0. The van der Waals surface area contributed by atoms with E-state index >= 15 is 0 Å². The number of anilines is 1. The number of fused-ring (bicyclic) bond motifs is 1. The minimum absolute atomic E-state index is 0.342. The predicted octanol–water partition coefficient (Wildman–Crippen LogP) is 2.12. The number of benzene rings is 1. The zero-order chi connectivity index (χ0) is 14.2. The minimum Gasteiger partial charge on any atom is -0.354 e. The summed E-state index contributed by atoms with van der Waals surface area (Å²) in [6, 6.07) is 7.97. The van der Waals surface area contributed by atoms with Crippen LogP contribution in [0.5, 0.6) is 0 Å². The monoisotopic (exact) mass is 282 g/mol. The number of rotatable bonds is 2. The van der Waals surface area contributed by atoms with Gasteiger partial charge in [-0.15, -0.1) is 5.10 Å². The fraction of sp³-hybridized carbons (Fsp3) is 0.286. The first-order valence-electron chi connectivity index (χ1n) is 6.89. The van der Waals surface area contributed by atoms with Gasteiger partial charge in [0.25, 0.3) is 5.89 Å². The lowest BCUT2D eigenvalue weighted by Gasteiger charge is -2.12. The van der Waals surface area contributed by atoms with Gasteiger partial charge in [-0.3, -0.25) is 0 Å². The van der Waals surface area contributed by atoms with Crippen LogP contribution in [0.2, 0.25) is 0 Å². The molecule has 0 aliphatic carbocycles. The van der Waals surface area contributed by atoms with Crippen molar-refractivity contribution in [2.24, 2.45) is 0 Å². The van der Waals surface area contributed by atoms with Crippen LogP contribution in [-0.4, -0.2) is 31.4 Å². The fourth-order valence-corrected chi connectivity index (χ4v) is 2.28. The summed E-state index contributed by atoms with van der Waals surface area (Å²) >= 11 is 0. The van der Waals surface area contributed by atoms with Crippen molar-refractivity contribution in [2.75, 3.05) is 11.9 Å². The molecule has 7 nitrogen and oxygen atoms in total. The van der Waals surface area contributed by atoms with Crippen molar-refractivity contribution in [2.45, 2.75) is 19.9 Å². The van der Waals surface area contributed by atoms with E-state index in [9.17, 15) is 0 Å². The first-order chi connectivity index (χ1) is 10.3. The van der Waals surface area contributed by atoms with Gasteiger partial charge < -0.3 is 9.84 Å². The van der Waals surface area contributed by atoms with Gasteiger partial charge in [-0.25, -0.2) is 4.68 Å². The molecule has 0 fully saturated rings. The van der Waals surface area contributed by atoms with Gasteiger partial charge in [0, 0.05) is 18.7 Å². The van der Waals surface area contributed by atoms with Gasteiger partial charge in [0.05, 0.1) is 0 Å². The Kier molecular flexibility index (Phi) is 2.70. The summed E-state index contributed by atoms with van der Waals surface area (Å²) in [4.78, 5) is 8.77. The van der Waals surface area contributed by atoms with Crippen molar-refractivity contribution in [3.63, 3.8) is 0 Å². The molecule has 1 N–H and O–H groups in total. The summed E-state index contributed by atoms with van der Waals surface area (Å²) in [5, 5.41) is 11.6. The molecule has 0 saturated heterocycles. The lowest BCUT2D eigenvalue weighted by atomic mass is 10.1. The normalized spacial score (nSPS) is 13.8. The minimum atomic E-state index is 0.342. The van der Waals surface area contributed by atoms with Crippen LogP contribution in [0, 0.1) is 6.92 Å². The van der Waals surface area contributed by atoms with Crippen molar-refractivity contribution in [3.05, 3.63) is 29.8 Å². The topological polar surface area (TPSA) is 81.7 Å². The molecule has 0 unspecified atom stereocenters. The van der Waals surface area contributed by atoms with E-state index in [-0.39, 0.29) is 0 Å². The Labute approximate surface area is 121 Å². The van der Waals surface area contributed by atoms with Gasteiger partial charge in [-0.2, -0.15) is 9.97 Å². The van der Waals surface area contributed by atoms with Crippen molar-refractivity contribution in [1.82, 2.24) is 24.9 Å². The molecule has 0 saturated carbocycles. The summed E-state index contributed by atoms with van der Waals surface area (Å²) in [6.07, 6.45) is 1.04. The molecule has 21 heavy (non-hydrogen) atoms. The molecule has 0 radical (unpaired) electrons. The Morgan fingerprint density at radius 3 is 2.81 bits per heavy atom. The van der Waals surface area contributed by atoms with Gasteiger partial charge in [-0.1, -0.05) is 35.0 Å². The third-order valence-corrected chi connectivity index (χ3v) is 3.43. The number of hydrogen-bond acceptors (Lipinski definition) is 6. The largest absolute Gasteiger partial charge is 0.354 e. The maximum Gasteiger partial charge on any atom is 0.297 e. The Morgan fingerprint density at radius 1 is 1.14 bits per heavy atom. The highest BCUT2D eigenvalue weighted by molar-refractivity contribution is 5.57. The van der Waals surface area contributed by atoms with Crippen LogP contribution < -0.4 is 5.32 Å². The van der Waals surface area contributed by atoms with E-state index in [0.29, 0.717) is 17.5 Å². The molecular weight excluding hydrogens is 268 g/mol. The number of hydrogen-bond donors (Lipinski definition) is 1. The van der Waals surface area contributed by atoms with Crippen molar-refractivity contribution in [3.8, 4) is 23.1 Å². The van der Waals surface area contributed by atoms with Crippen LogP contribution >= 0.6 is 0 Å². The van der Waals surface area contributed by atoms with E-state index < -0.39 is 0 Å². The van der Waals surface area contributed by atoms with Crippen LogP contribution in [0.3, 0.4) is 0 Å². The van der Waals surface area contributed by atoms with E-state index in [1.54, 1.807) is 0 Å². The first-order valence-corrected chi connectivity index (χ1v) is 6.89. The third kappa shape index (κ3) is 2.16. The molecule has 0 spiro atoms. The average molecular weight is 282 g/mol. The van der Waals surface area contributed by atoms with E-state index in [1.807, 2.05) is 35.9 Å². The molecular formula is C14H14N6O. The molecule has 1 aromatic carbocycles. The number of aromatic nitrogens is 5. The highest BCUT2D eigenvalue weighted by Gasteiger charge is 2.19. The molecule has 4 rings (SSSR count). The van der Waals surface area contributed by atoms with Gasteiger partial charge in [0.1, 0.15) is 0 Å². The Morgan fingerprint density at radius 2 is 2.00 bits per heavy atom. The highest BCUT2D eigenvalue weighted by Crippen LogP contribution is 2.22. The highest BCUT2D eigenvalue weighted by atomic mass is 16.5. The zero-order valence-electron chi connectivity index (χ0n) is 11.6. The molecule has 1 aliphatic rings. The molecule has 3 heterocycles. The maximum atomic E-state index is 5.29. The Bertz CT molecular complexity index is 750. The van der Waals surface area contributed by atoms with Crippen LogP contribution in [-0.2, 0) is 6.54 Å². The summed E-state index contributed by atoms with van der Waals surface area (Å²) < 4.78 is 7.11. The van der Waals surface area contributed by atoms with Gasteiger partial charge in [0.2, 0.25) is 17.6 Å². The van der Waals surface area contributed by atoms with Gasteiger partial charge in [0.15, 0.2) is 0 Å². The van der Waals surface area contributed by atoms with Crippen molar-refractivity contribution < 1.29 is 4.52 Å². The van der Waals surface area contributed by atoms with Gasteiger partial charge in [-0.05, 0) is 13.3 Å². The number of aryl methyl sites for hydroxylation is 2. The molecule has 106 valence electrons. The number of nitrogens with one attached hydrogen (secondary N) is 1. The smallest absolute Gasteiger partial charge is 0.297 e. The van der Waals surface area contributed by atoms with E-state index in [1.165, 1.54) is 5.56 Å². The average Bonchev–Trinajstić information content (AvgIpc) is 3.14. The molecule has 0 amide bonds. The van der Waals surface area contributed by atoms with E-state index in [4.69, 9.17) is 4.52 Å². The SMILES string of the molecule is Cc1ccc(-c2noc(-c3nc4n(n3)CCCN4)n2)cc1. The van der Waals surface area contributed by atoms with Crippen LogP contribution in [0.4, 0.5) is 5.95 Å². The second-order valence-corrected chi connectivity index (χ2v) is 5.05. The Balaban J connectivity index is 1.67. The maximum absolute atomic E-state index is 5.29. The first kappa shape index (κ1) is 12.1. The van der Waals surface area contributed by atoms with Crippen LogP contribution in [0.15, 0.2) is 28.8 Å². The summed E-state index contributed by atoms with van der Waals surface area (Å²) in [5.74, 6) is 2.11. The molecule has 0 atom stereocenters. The van der Waals surface area contributed by atoms with Gasteiger partial charge >= 0.3 is 0 Å². The van der Waals surface area contributed by atoms with Crippen molar-refractivity contribution in [1.29, 1.82) is 0 Å². The Hall–Kier alpha value is -2.70. The van der Waals surface area contributed by atoms with Crippen molar-refractivity contribution >= 4 is 5.95 Å². The third-order valence-electron chi connectivity index (χ3n) is 3.43. The second-order valence-electron chi connectivity index (χ2n) is 5.05. The summed E-state index contributed by atoms with van der Waals surface area (Å²) in [5.41, 5.74) is 2.11. The van der Waals surface area contributed by atoms with Crippen LogP contribution in [0.25, 0.3) is 23.1 Å². The molecule has 1 aliphatic heterocycles. The van der Waals surface area contributed by atoms with E-state index in [2.05, 4.69) is 25.5 Å². The predicted molar refractivity (Wildman–Crippen MR) is 76.6 cm³/mol. The number of nitrogens with zero attached hydrogens (tertiary/aromatic N) is 5. The lowest BCUT2D eigenvalue weighted by Crippen LogP contribution is -2.17. The quantitative estimate of drug-likeness (QED) is 0.775.